The molecule has 0 bridgehead atoms. The van der Waals surface area contributed by atoms with Gasteiger partial charge in [-0.05, 0) is 30.3 Å². The van der Waals surface area contributed by atoms with Gasteiger partial charge in [0.05, 0.1) is 29.5 Å². The summed E-state index contributed by atoms with van der Waals surface area (Å²) in [7, 11) is 0. The maximum atomic E-state index is 12.7. The summed E-state index contributed by atoms with van der Waals surface area (Å²) in [6.07, 6.45) is 1.62. The van der Waals surface area contributed by atoms with Crippen LogP contribution < -0.4 is 4.87 Å². The summed E-state index contributed by atoms with van der Waals surface area (Å²) in [6, 6.07) is 12.2. The van der Waals surface area contributed by atoms with Gasteiger partial charge in [0.25, 0.3) is 0 Å². The molecule has 3 aromatic rings. The largest absolute Gasteiger partial charge is 0.507 e. The lowest BCUT2D eigenvalue weighted by atomic mass is 10.2. The smallest absolute Gasteiger partial charge is 0.308 e. The topological polar surface area (TPSA) is 78.1 Å². The number of phenolic OH excluding ortho intramolecular Hbond substituents is 1. The minimum atomic E-state index is -0.165. The van der Waals surface area contributed by atoms with Crippen molar-refractivity contribution in [2.75, 3.05) is 26.2 Å². The monoisotopic (exact) mass is 430 g/mol. The lowest BCUT2D eigenvalue weighted by Crippen LogP contribution is -2.48. The Hall–Kier alpha value is -2.84. The second-order valence-corrected chi connectivity index (χ2v) is 8.13. The van der Waals surface area contributed by atoms with Crippen LogP contribution in [0.15, 0.2) is 52.4 Å². The number of hydrogen-bond donors (Lipinski definition) is 1. The van der Waals surface area contributed by atoms with E-state index in [-0.39, 0.29) is 23.1 Å². The van der Waals surface area contributed by atoms with Crippen LogP contribution in [0.5, 0.6) is 5.75 Å². The van der Waals surface area contributed by atoms with Crippen LogP contribution in [0.25, 0.3) is 10.2 Å². The van der Waals surface area contributed by atoms with E-state index < -0.39 is 0 Å². The molecule has 2 heterocycles. The number of carbonyl (C=O) groups excluding carboxylic acids is 1. The molecule has 1 saturated heterocycles. The third kappa shape index (κ3) is 4.28. The molecule has 7 nitrogen and oxygen atoms in total. The maximum absolute atomic E-state index is 12.7. The normalized spacial score (nSPS) is 14.8. The zero-order chi connectivity index (χ0) is 20.4. The second-order valence-electron chi connectivity index (χ2n) is 6.70. The van der Waals surface area contributed by atoms with Crippen molar-refractivity contribution in [2.45, 2.75) is 6.54 Å². The molecule has 0 aliphatic carbocycles. The number of rotatable bonds is 4. The van der Waals surface area contributed by atoms with E-state index in [1.807, 2.05) is 11.1 Å². The number of hydrazone groups is 1. The molecule has 1 aromatic heterocycles. The molecule has 0 spiro atoms. The first-order chi connectivity index (χ1) is 14.0. The van der Waals surface area contributed by atoms with Gasteiger partial charge >= 0.3 is 4.87 Å². The molecule has 29 heavy (non-hydrogen) atoms. The van der Waals surface area contributed by atoms with Crippen molar-refractivity contribution in [3.8, 4) is 5.75 Å². The number of benzene rings is 2. The summed E-state index contributed by atoms with van der Waals surface area (Å²) in [5, 5.41) is 16.6. The summed E-state index contributed by atoms with van der Waals surface area (Å²) >= 11 is 7.16. The highest BCUT2D eigenvalue weighted by Crippen LogP contribution is 2.22. The highest BCUT2D eigenvalue weighted by molar-refractivity contribution is 7.16. The number of carbonyl (C=O) groups is 1. The number of thiazole rings is 1. The average Bonchev–Trinajstić information content (AvgIpc) is 3.02. The first-order valence-electron chi connectivity index (χ1n) is 9.15. The third-order valence-electron chi connectivity index (χ3n) is 4.83. The molecule has 2 aromatic carbocycles. The van der Waals surface area contributed by atoms with Gasteiger partial charge in [-0.25, -0.2) is 0 Å². The van der Waals surface area contributed by atoms with E-state index in [1.165, 1.54) is 4.57 Å². The van der Waals surface area contributed by atoms with E-state index in [4.69, 9.17) is 11.6 Å². The van der Waals surface area contributed by atoms with Crippen molar-refractivity contribution >= 4 is 45.3 Å². The standard InChI is InChI=1S/C20H19ClN4O3S/c21-15-5-6-18-16(11-15)25(20(28)29-18)13-19(27)23-7-9-24(10-8-23)22-12-14-3-1-2-4-17(14)26/h1-6,11-12,26H,7-10,13H2/b22-12+. The van der Waals surface area contributed by atoms with E-state index in [0.717, 1.165) is 16.0 Å². The van der Waals surface area contributed by atoms with Gasteiger partial charge in [0, 0.05) is 23.7 Å². The summed E-state index contributed by atoms with van der Waals surface area (Å²) < 4.78 is 2.30. The van der Waals surface area contributed by atoms with Crippen molar-refractivity contribution in [3.05, 3.63) is 62.7 Å². The SMILES string of the molecule is O=C(Cn1c(=O)sc2ccc(Cl)cc21)N1CCN(/N=C/c2ccccc2O)CC1. The molecule has 1 amide bonds. The first-order valence-corrected chi connectivity index (χ1v) is 10.3. The lowest BCUT2D eigenvalue weighted by Gasteiger charge is -2.33. The van der Waals surface area contributed by atoms with Crippen LogP contribution >= 0.6 is 22.9 Å². The quantitative estimate of drug-likeness (QED) is 0.645. The fraction of sp³-hybridized carbons (Fsp3) is 0.250. The highest BCUT2D eigenvalue weighted by Gasteiger charge is 2.22. The average molecular weight is 431 g/mol. The molecule has 1 aliphatic heterocycles. The van der Waals surface area contributed by atoms with Gasteiger partial charge in [0.1, 0.15) is 12.3 Å². The Morgan fingerprint density at radius 2 is 1.93 bits per heavy atom. The Labute approximate surface area is 176 Å². The van der Waals surface area contributed by atoms with E-state index in [1.54, 1.807) is 47.5 Å². The molecule has 1 aliphatic rings. The first kappa shape index (κ1) is 19.5. The van der Waals surface area contributed by atoms with E-state index in [9.17, 15) is 14.7 Å². The van der Waals surface area contributed by atoms with E-state index in [2.05, 4.69) is 5.10 Å². The highest BCUT2D eigenvalue weighted by atomic mass is 35.5. The number of halogens is 1. The Morgan fingerprint density at radius 3 is 2.69 bits per heavy atom. The lowest BCUT2D eigenvalue weighted by molar-refractivity contribution is -0.133. The molecular weight excluding hydrogens is 412 g/mol. The molecule has 9 heteroatoms. The third-order valence-corrected chi connectivity index (χ3v) is 6.02. The molecule has 1 fully saturated rings. The number of nitrogens with zero attached hydrogens (tertiary/aromatic N) is 4. The van der Waals surface area contributed by atoms with Gasteiger partial charge in [-0.15, -0.1) is 0 Å². The molecular formula is C20H19ClN4O3S. The zero-order valence-electron chi connectivity index (χ0n) is 15.5. The Balaban J connectivity index is 1.39. The molecule has 0 saturated carbocycles. The summed E-state index contributed by atoms with van der Waals surface area (Å²) in [5.41, 5.74) is 1.33. The van der Waals surface area contributed by atoms with Crippen LogP contribution in [0.1, 0.15) is 5.56 Å². The Morgan fingerprint density at radius 1 is 1.17 bits per heavy atom. The summed E-state index contributed by atoms with van der Waals surface area (Å²) in [5.74, 6) is 0.0784. The predicted octanol–water partition coefficient (Wildman–Crippen LogP) is 2.60. The van der Waals surface area contributed by atoms with Gasteiger partial charge in [-0.2, -0.15) is 5.10 Å². The van der Waals surface area contributed by atoms with Crippen LogP contribution in [0, 0.1) is 0 Å². The maximum Gasteiger partial charge on any atom is 0.308 e. The van der Waals surface area contributed by atoms with E-state index >= 15 is 0 Å². The predicted molar refractivity (Wildman–Crippen MR) is 115 cm³/mol. The van der Waals surface area contributed by atoms with Crippen molar-refractivity contribution < 1.29 is 9.90 Å². The van der Waals surface area contributed by atoms with Gasteiger partial charge in [-0.1, -0.05) is 35.1 Å². The Bertz CT molecular complexity index is 1130. The zero-order valence-corrected chi connectivity index (χ0v) is 17.1. The van der Waals surface area contributed by atoms with Crippen LogP contribution in [-0.2, 0) is 11.3 Å². The van der Waals surface area contributed by atoms with Crippen molar-refractivity contribution in [1.29, 1.82) is 0 Å². The number of aromatic hydroxyl groups is 1. The molecule has 150 valence electrons. The number of hydrogen-bond acceptors (Lipinski definition) is 6. The second kappa shape index (κ2) is 8.26. The van der Waals surface area contributed by atoms with Gasteiger partial charge in [0.15, 0.2) is 0 Å². The number of phenols is 1. The number of para-hydroxylation sites is 1. The Kier molecular flexibility index (Phi) is 5.55. The molecule has 4 rings (SSSR count). The molecule has 1 N–H and O–H groups in total. The van der Waals surface area contributed by atoms with Gasteiger partial charge < -0.3 is 10.0 Å². The molecule has 0 radical (unpaired) electrons. The number of aromatic nitrogens is 1. The fourth-order valence-electron chi connectivity index (χ4n) is 3.22. The van der Waals surface area contributed by atoms with Crippen LogP contribution in [0.4, 0.5) is 0 Å². The molecule has 0 unspecified atom stereocenters. The minimum absolute atomic E-state index is 0.000329. The van der Waals surface area contributed by atoms with Crippen molar-refractivity contribution in [3.63, 3.8) is 0 Å². The molecule has 0 atom stereocenters. The van der Waals surface area contributed by atoms with E-state index in [0.29, 0.717) is 42.3 Å². The number of fused-ring (bicyclic) bond motifs is 1. The summed E-state index contributed by atoms with van der Waals surface area (Å²) in [6.45, 7) is 2.21. The van der Waals surface area contributed by atoms with Crippen molar-refractivity contribution in [1.82, 2.24) is 14.5 Å². The van der Waals surface area contributed by atoms with Crippen LogP contribution in [0.2, 0.25) is 5.02 Å². The van der Waals surface area contributed by atoms with Crippen LogP contribution in [-0.4, -0.2) is 57.9 Å². The minimum Gasteiger partial charge on any atom is -0.507 e. The van der Waals surface area contributed by atoms with Crippen LogP contribution in [0.3, 0.4) is 0 Å². The fourth-order valence-corrected chi connectivity index (χ4v) is 4.26. The van der Waals surface area contributed by atoms with Gasteiger partial charge in [0.2, 0.25) is 5.91 Å². The number of piperazine rings is 1. The summed E-state index contributed by atoms with van der Waals surface area (Å²) in [4.78, 5) is 26.6. The van der Waals surface area contributed by atoms with Gasteiger partial charge in [-0.3, -0.25) is 19.2 Å². The van der Waals surface area contributed by atoms with Crippen molar-refractivity contribution in [2.24, 2.45) is 5.10 Å². The number of amides is 1.